The van der Waals surface area contributed by atoms with Crippen molar-refractivity contribution in [2.75, 3.05) is 33.4 Å². The highest BCUT2D eigenvalue weighted by Gasteiger charge is 2.28. The van der Waals surface area contributed by atoms with Crippen molar-refractivity contribution in [2.45, 2.75) is 18.0 Å². The monoisotopic (exact) mass is 403 g/mol. The lowest BCUT2D eigenvalue weighted by atomic mass is 10.2. The van der Waals surface area contributed by atoms with E-state index in [1.807, 2.05) is 30.3 Å². The minimum absolute atomic E-state index is 0.137. The number of carbonyl (C=O) groups is 1. The number of morpholine rings is 1. The van der Waals surface area contributed by atoms with Gasteiger partial charge in [-0.1, -0.05) is 48.5 Å². The highest BCUT2D eigenvalue weighted by molar-refractivity contribution is 7.89. The minimum atomic E-state index is -3.62. The number of benzene rings is 2. The molecule has 150 valence electrons. The van der Waals surface area contributed by atoms with Gasteiger partial charge in [0.1, 0.15) is 0 Å². The van der Waals surface area contributed by atoms with E-state index in [4.69, 9.17) is 4.74 Å². The lowest BCUT2D eigenvalue weighted by molar-refractivity contribution is 0.0730. The van der Waals surface area contributed by atoms with Crippen molar-refractivity contribution < 1.29 is 17.9 Å². The molecule has 2 aromatic rings. The van der Waals surface area contributed by atoms with Crippen molar-refractivity contribution in [3.8, 4) is 0 Å². The van der Waals surface area contributed by atoms with Gasteiger partial charge in [-0.25, -0.2) is 13.2 Å². The molecule has 1 heterocycles. The summed E-state index contributed by atoms with van der Waals surface area (Å²) in [5.41, 5.74) is 1.59. The Balaban J connectivity index is 1.67. The molecule has 0 saturated carbocycles. The Morgan fingerprint density at radius 3 is 2.43 bits per heavy atom. The molecule has 7 nitrogen and oxygen atoms in total. The minimum Gasteiger partial charge on any atom is -0.379 e. The first-order valence-corrected chi connectivity index (χ1v) is 10.6. The average molecular weight is 404 g/mol. The number of nitrogens with zero attached hydrogens (tertiary/aromatic N) is 2. The Morgan fingerprint density at radius 2 is 1.71 bits per heavy atom. The predicted octanol–water partition coefficient (Wildman–Crippen LogP) is 2.05. The summed E-state index contributed by atoms with van der Waals surface area (Å²) in [7, 11) is -1.91. The Hall–Kier alpha value is -2.42. The maximum absolute atomic E-state index is 13.0. The highest BCUT2D eigenvalue weighted by Crippen LogP contribution is 2.21. The Labute approximate surface area is 166 Å². The molecule has 1 aliphatic rings. The van der Waals surface area contributed by atoms with Gasteiger partial charge in [0, 0.05) is 33.2 Å². The number of amides is 2. The van der Waals surface area contributed by atoms with Crippen molar-refractivity contribution in [3.63, 3.8) is 0 Å². The molecule has 0 aliphatic carbocycles. The zero-order chi connectivity index (χ0) is 20.0. The van der Waals surface area contributed by atoms with Gasteiger partial charge in [-0.15, -0.1) is 0 Å². The summed E-state index contributed by atoms with van der Waals surface area (Å²) in [4.78, 5) is 14.2. The zero-order valence-corrected chi connectivity index (χ0v) is 16.7. The number of urea groups is 1. The van der Waals surface area contributed by atoms with Gasteiger partial charge in [-0.2, -0.15) is 4.31 Å². The Morgan fingerprint density at radius 1 is 1.07 bits per heavy atom. The standard InChI is InChI=1S/C20H25N3O4S/c1-22(16-17-7-3-2-4-8-17)20(24)21-15-18-9-5-6-10-19(18)28(25,26)23-11-13-27-14-12-23/h2-10H,11-16H2,1H3,(H,21,24). The molecule has 0 unspecified atom stereocenters. The van der Waals surface area contributed by atoms with E-state index in [2.05, 4.69) is 5.32 Å². The third kappa shape index (κ3) is 4.89. The maximum Gasteiger partial charge on any atom is 0.317 e. The normalized spacial score (nSPS) is 15.2. The zero-order valence-electron chi connectivity index (χ0n) is 15.9. The average Bonchev–Trinajstić information content (AvgIpc) is 2.73. The molecular formula is C20H25N3O4S. The molecule has 0 spiro atoms. The maximum atomic E-state index is 13.0. The summed E-state index contributed by atoms with van der Waals surface area (Å²) in [6.07, 6.45) is 0. The fourth-order valence-electron chi connectivity index (χ4n) is 3.06. The van der Waals surface area contributed by atoms with E-state index in [-0.39, 0.29) is 17.5 Å². The van der Waals surface area contributed by atoms with E-state index in [9.17, 15) is 13.2 Å². The summed E-state index contributed by atoms with van der Waals surface area (Å²) >= 11 is 0. The van der Waals surface area contributed by atoms with Crippen LogP contribution in [0.15, 0.2) is 59.5 Å². The number of ether oxygens (including phenoxy) is 1. The molecule has 2 amide bonds. The molecule has 2 aromatic carbocycles. The Bertz CT molecular complexity index is 897. The van der Waals surface area contributed by atoms with E-state index in [0.717, 1.165) is 5.56 Å². The molecular weight excluding hydrogens is 378 g/mol. The lowest BCUT2D eigenvalue weighted by Crippen LogP contribution is -2.41. The second-order valence-corrected chi connectivity index (χ2v) is 8.53. The van der Waals surface area contributed by atoms with Gasteiger partial charge in [0.2, 0.25) is 10.0 Å². The SMILES string of the molecule is CN(Cc1ccccc1)C(=O)NCc1ccccc1S(=O)(=O)N1CCOCC1. The summed E-state index contributed by atoms with van der Waals surface area (Å²) in [6.45, 7) is 2.06. The molecule has 0 radical (unpaired) electrons. The topological polar surface area (TPSA) is 79.0 Å². The molecule has 3 rings (SSSR count). The molecule has 0 atom stereocenters. The number of nitrogens with one attached hydrogen (secondary N) is 1. The van der Waals surface area contributed by atoms with Gasteiger partial charge in [0.25, 0.3) is 0 Å². The van der Waals surface area contributed by atoms with E-state index < -0.39 is 10.0 Å². The van der Waals surface area contributed by atoms with Crippen LogP contribution in [0.3, 0.4) is 0 Å². The number of sulfonamides is 1. The largest absolute Gasteiger partial charge is 0.379 e. The van der Waals surface area contributed by atoms with Crippen molar-refractivity contribution in [1.29, 1.82) is 0 Å². The van der Waals surface area contributed by atoms with Crippen LogP contribution in [0.4, 0.5) is 4.79 Å². The third-order valence-corrected chi connectivity index (χ3v) is 6.60. The van der Waals surface area contributed by atoms with E-state index >= 15 is 0 Å². The number of hydrogen-bond acceptors (Lipinski definition) is 4. The van der Waals surface area contributed by atoms with Crippen LogP contribution in [0.5, 0.6) is 0 Å². The van der Waals surface area contributed by atoms with Gasteiger partial charge in [0.15, 0.2) is 0 Å². The summed E-state index contributed by atoms with van der Waals surface area (Å²) in [6, 6.07) is 16.2. The molecule has 1 saturated heterocycles. The summed E-state index contributed by atoms with van der Waals surface area (Å²) in [5, 5.41) is 2.81. The van der Waals surface area contributed by atoms with Gasteiger partial charge < -0.3 is 15.0 Å². The fraction of sp³-hybridized carbons (Fsp3) is 0.350. The molecule has 0 bridgehead atoms. The smallest absolute Gasteiger partial charge is 0.317 e. The highest BCUT2D eigenvalue weighted by atomic mass is 32.2. The Kier molecular flexibility index (Phi) is 6.66. The first kappa shape index (κ1) is 20.3. The van der Waals surface area contributed by atoms with Crippen LogP contribution < -0.4 is 5.32 Å². The van der Waals surface area contributed by atoms with E-state index in [1.54, 1.807) is 36.2 Å². The fourth-order valence-corrected chi connectivity index (χ4v) is 4.69. The van der Waals surface area contributed by atoms with Crippen LogP contribution in [0.1, 0.15) is 11.1 Å². The number of carbonyl (C=O) groups excluding carboxylic acids is 1. The van der Waals surface area contributed by atoms with Gasteiger partial charge in [0.05, 0.1) is 18.1 Å². The summed E-state index contributed by atoms with van der Waals surface area (Å²) in [5.74, 6) is 0. The van der Waals surface area contributed by atoms with Crippen molar-refractivity contribution in [2.24, 2.45) is 0 Å². The molecule has 1 fully saturated rings. The number of rotatable bonds is 6. The van der Waals surface area contributed by atoms with Crippen LogP contribution in [0, 0.1) is 0 Å². The van der Waals surface area contributed by atoms with Gasteiger partial charge in [-0.05, 0) is 17.2 Å². The van der Waals surface area contributed by atoms with Crippen molar-refractivity contribution >= 4 is 16.1 Å². The second kappa shape index (κ2) is 9.18. The second-order valence-electron chi connectivity index (χ2n) is 6.62. The van der Waals surface area contributed by atoms with E-state index in [0.29, 0.717) is 38.4 Å². The van der Waals surface area contributed by atoms with Crippen LogP contribution in [-0.2, 0) is 27.8 Å². The van der Waals surface area contributed by atoms with Gasteiger partial charge in [-0.3, -0.25) is 0 Å². The van der Waals surface area contributed by atoms with Crippen molar-refractivity contribution in [1.82, 2.24) is 14.5 Å². The quantitative estimate of drug-likeness (QED) is 0.801. The van der Waals surface area contributed by atoms with Crippen LogP contribution in [-0.4, -0.2) is 57.0 Å². The first-order valence-electron chi connectivity index (χ1n) is 9.17. The molecule has 1 aliphatic heterocycles. The third-order valence-electron chi connectivity index (χ3n) is 4.60. The summed E-state index contributed by atoms with van der Waals surface area (Å²) < 4.78 is 32.6. The molecule has 1 N–H and O–H groups in total. The number of hydrogen-bond donors (Lipinski definition) is 1. The van der Waals surface area contributed by atoms with Crippen molar-refractivity contribution in [3.05, 3.63) is 65.7 Å². The van der Waals surface area contributed by atoms with Crippen LogP contribution >= 0.6 is 0 Å². The van der Waals surface area contributed by atoms with E-state index in [1.165, 1.54) is 4.31 Å². The molecule has 28 heavy (non-hydrogen) atoms. The predicted molar refractivity (Wildman–Crippen MR) is 106 cm³/mol. The lowest BCUT2D eigenvalue weighted by Gasteiger charge is -2.27. The first-order chi connectivity index (χ1) is 13.5. The van der Waals surface area contributed by atoms with Crippen LogP contribution in [0.2, 0.25) is 0 Å². The van der Waals surface area contributed by atoms with Gasteiger partial charge >= 0.3 is 6.03 Å². The van der Waals surface area contributed by atoms with Crippen LogP contribution in [0.25, 0.3) is 0 Å². The molecule has 0 aromatic heterocycles. The molecule has 8 heteroatoms.